The molecule has 5 rings (SSSR count). The molecule has 0 aliphatic rings. The predicted molar refractivity (Wildman–Crippen MR) is 112 cm³/mol. The van der Waals surface area contributed by atoms with Gasteiger partial charge in [-0.2, -0.15) is 0 Å². The Hall–Kier alpha value is -3.06. The molecule has 26 heavy (non-hydrogen) atoms. The molecule has 0 spiro atoms. The summed E-state index contributed by atoms with van der Waals surface area (Å²) in [6, 6.07) is 28.5. The van der Waals surface area contributed by atoms with Crippen molar-refractivity contribution in [2.45, 2.75) is 13.3 Å². The largest absolute Gasteiger partial charge is 0.494 e. The van der Waals surface area contributed by atoms with Gasteiger partial charge in [0.2, 0.25) is 0 Å². The summed E-state index contributed by atoms with van der Waals surface area (Å²) in [6.07, 6.45) is 1.02. The van der Waals surface area contributed by atoms with E-state index in [4.69, 9.17) is 4.74 Å². The van der Waals surface area contributed by atoms with Crippen molar-refractivity contribution in [3.8, 4) is 5.75 Å². The quantitative estimate of drug-likeness (QED) is 0.252. The first-order valence-electron chi connectivity index (χ1n) is 9.24. The summed E-state index contributed by atoms with van der Waals surface area (Å²) >= 11 is 0. The van der Waals surface area contributed by atoms with Crippen LogP contribution in [0.15, 0.2) is 78.9 Å². The van der Waals surface area contributed by atoms with E-state index >= 15 is 0 Å². The molecule has 0 amide bonds. The van der Waals surface area contributed by atoms with Gasteiger partial charge in [-0.1, -0.05) is 61.5 Å². The smallest absolute Gasteiger partial charge is 0.119 e. The van der Waals surface area contributed by atoms with Crippen LogP contribution >= 0.6 is 0 Å². The van der Waals surface area contributed by atoms with Gasteiger partial charge in [-0.25, -0.2) is 0 Å². The summed E-state index contributed by atoms with van der Waals surface area (Å²) in [7, 11) is 0. The highest BCUT2D eigenvalue weighted by Crippen LogP contribution is 2.34. The predicted octanol–water partition coefficient (Wildman–Crippen LogP) is 7.09. The summed E-state index contributed by atoms with van der Waals surface area (Å²) in [6.45, 7) is 2.89. The first-order chi connectivity index (χ1) is 12.8. The second-order valence-electron chi connectivity index (χ2n) is 6.88. The second-order valence-corrected chi connectivity index (χ2v) is 6.88. The van der Waals surface area contributed by atoms with E-state index in [-0.39, 0.29) is 0 Å². The third-order valence-corrected chi connectivity index (χ3v) is 5.14. The molecule has 5 aromatic carbocycles. The minimum atomic E-state index is 0.761. The van der Waals surface area contributed by atoms with Crippen molar-refractivity contribution < 1.29 is 4.74 Å². The number of hydrogen-bond donors (Lipinski definition) is 0. The summed E-state index contributed by atoms with van der Waals surface area (Å²) in [5.74, 6) is 0.950. The molecule has 0 heterocycles. The summed E-state index contributed by atoms with van der Waals surface area (Å²) < 4.78 is 5.79. The van der Waals surface area contributed by atoms with Crippen molar-refractivity contribution in [1.29, 1.82) is 0 Å². The van der Waals surface area contributed by atoms with Crippen molar-refractivity contribution in [2.75, 3.05) is 6.61 Å². The van der Waals surface area contributed by atoms with Crippen molar-refractivity contribution in [2.24, 2.45) is 0 Å². The van der Waals surface area contributed by atoms with Crippen LogP contribution in [0.25, 0.3) is 43.1 Å². The highest BCUT2D eigenvalue weighted by Gasteiger charge is 2.07. The standard InChI is InChI=1S/C25H20O/c1-2-13-26-21-9-12-22-20(15-21)8-11-24-23(22)10-7-19-14-17-5-3-4-6-18(17)16-25(19)24/h3-12,14-16H,2,13H2,1H3. The molecular formula is C25H20O. The fourth-order valence-electron chi connectivity index (χ4n) is 3.86. The Morgan fingerprint density at radius 1 is 0.577 bits per heavy atom. The SMILES string of the molecule is CCCOc1ccc2c(ccc3c4cc5ccccc5cc4ccc23)c1. The Balaban J connectivity index is 1.78. The van der Waals surface area contributed by atoms with Crippen molar-refractivity contribution in [1.82, 2.24) is 0 Å². The Bertz CT molecular complexity index is 1270. The molecule has 0 N–H and O–H groups in total. The molecule has 0 unspecified atom stereocenters. The van der Waals surface area contributed by atoms with Gasteiger partial charge in [-0.05, 0) is 73.8 Å². The lowest BCUT2D eigenvalue weighted by Crippen LogP contribution is -1.94. The zero-order chi connectivity index (χ0) is 17.5. The minimum Gasteiger partial charge on any atom is -0.494 e. The maximum Gasteiger partial charge on any atom is 0.119 e. The fraction of sp³-hybridized carbons (Fsp3) is 0.120. The van der Waals surface area contributed by atoms with E-state index in [1.165, 1.54) is 43.1 Å². The van der Waals surface area contributed by atoms with Crippen molar-refractivity contribution in [3.63, 3.8) is 0 Å². The first kappa shape index (κ1) is 15.2. The number of rotatable bonds is 3. The summed E-state index contributed by atoms with van der Waals surface area (Å²) in [5.41, 5.74) is 0. The maximum absolute atomic E-state index is 5.79. The fourth-order valence-corrected chi connectivity index (χ4v) is 3.86. The zero-order valence-electron chi connectivity index (χ0n) is 14.8. The van der Waals surface area contributed by atoms with Gasteiger partial charge in [-0.15, -0.1) is 0 Å². The van der Waals surface area contributed by atoms with Crippen molar-refractivity contribution >= 4 is 43.1 Å². The van der Waals surface area contributed by atoms with Crippen LogP contribution in [0.3, 0.4) is 0 Å². The average Bonchev–Trinajstić information content (AvgIpc) is 2.70. The van der Waals surface area contributed by atoms with Crippen LogP contribution < -0.4 is 4.74 Å². The molecule has 5 aromatic rings. The molecule has 0 saturated heterocycles. The van der Waals surface area contributed by atoms with Crippen LogP contribution in [-0.4, -0.2) is 6.61 Å². The van der Waals surface area contributed by atoms with E-state index in [1.807, 2.05) is 0 Å². The Morgan fingerprint density at radius 2 is 1.23 bits per heavy atom. The van der Waals surface area contributed by atoms with E-state index in [1.54, 1.807) is 0 Å². The monoisotopic (exact) mass is 336 g/mol. The minimum absolute atomic E-state index is 0.761. The van der Waals surface area contributed by atoms with Gasteiger partial charge in [0.15, 0.2) is 0 Å². The van der Waals surface area contributed by atoms with Gasteiger partial charge < -0.3 is 4.74 Å². The highest BCUT2D eigenvalue weighted by atomic mass is 16.5. The lowest BCUT2D eigenvalue weighted by Gasteiger charge is -2.11. The second kappa shape index (κ2) is 6.03. The van der Waals surface area contributed by atoms with Crippen LogP contribution in [0.4, 0.5) is 0 Å². The van der Waals surface area contributed by atoms with Gasteiger partial charge in [-0.3, -0.25) is 0 Å². The lowest BCUT2D eigenvalue weighted by atomic mass is 9.95. The van der Waals surface area contributed by atoms with Gasteiger partial charge in [0.25, 0.3) is 0 Å². The first-order valence-corrected chi connectivity index (χ1v) is 9.24. The van der Waals surface area contributed by atoms with Gasteiger partial charge in [0, 0.05) is 0 Å². The molecule has 0 fully saturated rings. The topological polar surface area (TPSA) is 9.23 Å². The third kappa shape index (κ3) is 2.40. The zero-order valence-corrected chi connectivity index (χ0v) is 14.8. The number of fused-ring (bicyclic) bond motifs is 6. The van der Waals surface area contributed by atoms with E-state index in [9.17, 15) is 0 Å². The van der Waals surface area contributed by atoms with Crippen molar-refractivity contribution in [3.05, 3.63) is 78.9 Å². The Kier molecular flexibility index (Phi) is 3.53. The van der Waals surface area contributed by atoms with Crippen LogP contribution in [0.1, 0.15) is 13.3 Å². The highest BCUT2D eigenvalue weighted by molar-refractivity contribution is 6.19. The molecule has 0 bridgehead atoms. The molecule has 0 aromatic heterocycles. The Morgan fingerprint density at radius 3 is 2.00 bits per heavy atom. The van der Waals surface area contributed by atoms with E-state index in [0.717, 1.165) is 18.8 Å². The van der Waals surface area contributed by atoms with E-state index < -0.39 is 0 Å². The number of ether oxygens (including phenoxy) is 1. The molecule has 1 heteroatoms. The summed E-state index contributed by atoms with van der Waals surface area (Å²) in [4.78, 5) is 0. The molecule has 0 aliphatic heterocycles. The molecule has 0 radical (unpaired) electrons. The van der Waals surface area contributed by atoms with Crippen LogP contribution in [0.5, 0.6) is 5.75 Å². The van der Waals surface area contributed by atoms with E-state index in [0.29, 0.717) is 0 Å². The molecular weight excluding hydrogens is 316 g/mol. The Labute approximate surface area is 152 Å². The third-order valence-electron chi connectivity index (χ3n) is 5.14. The molecule has 1 nitrogen and oxygen atoms in total. The van der Waals surface area contributed by atoms with E-state index in [2.05, 4.69) is 85.8 Å². The maximum atomic E-state index is 5.79. The van der Waals surface area contributed by atoms with Crippen LogP contribution in [0.2, 0.25) is 0 Å². The molecule has 0 saturated carbocycles. The van der Waals surface area contributed by atoms with Gasteiger partial charge in [0.1, 0.15) is 5.75 Å². The van der Waals surface area contributed by atoms with Crippen LogP contribution in [0, 0.1) is 0 Å². The number of benzene rings is 5. The molecule has 126 valence electrons. The lowest BCUT2D eigenvalue weighted by molar-refractivity contribution is 0.318. The summed E-state index contributed by atoms with van der Waals surface area (Å²) in [5, 5.41) is 10.3. The molecule has 0 atom stereocenters. The normalized spacial score (nSPS) is 11.6. The van der Waals surface area contributed by atoms with Gasteiger partial charge >= 0.3 is 0 Å². The van der Waals surface area contributed by atoms with Crippen LogP contribution in [-0.2, 0) is 0 Å². The number of hydrogen-bond acceptors (Lipinski definition) is 1. The average molecular weight is 336 g/mol. The van der Waals surface area contributed by atoms with Gasteiger partial charge in [0.05, 0.1) is 6.61 Å². The molecule has 0 aliphatic carbocycles.